The molecule has 1 N–H and O–H groups in total. The maximum absolute atomic E-state index is 9.77. The van der Waals surface area contributed by atoms with E-state index in [1.54, 1.807) is 12.4 Å². The number of anilines is 1. The SMILES string of the molecule is N#Cc1c(-c2ccccc2)cc(NCc2cccnc2)c2ncc(Br)n12. The lowest BCUT2D eigenvalue weighted by Crippen LogP contribution is -2.05. The summed E-state index contributed by atoms with van der Waals surface area (Å²) in [4.78, 5) is 8.61. The summed E-state index contributed by atoms with van der Waals surface area (Å²) >= 11 is 3.51. The number of benzene rings is 1. The van der Waals surface area contributed by atoms with Gasteiger partial charge in [0.25, 0.3) is 0 Å². The van der Waals surface area contributed by atoms with Crippen molar-refractivity contribution in [3.63, 3.8) is 0 Å². The third kappa shape index (κ3) is 2.93. The van der Waals surface area contributed by atoms with E-state index < -0.39 is 0 Å². The molecule has 0 amide bonds. The number of nitrogens with one attached hydrogen (secondary N) is 1. The van der Waals surface area contributed by atoms with Gasteiger partial charge in [-0.25, -0.2) is 4.98 Å². The predicted molar refractivity (Wildman–Crippen MR) is 105 cm³/mol. The fourth-order valence-electron chi connectivity index (χ4n) is 2.91. The molecular formula is C20H14BrN5. The van der Waals surface area contributed by atoms with Crippen molar-refractivity contribution in [2.24, 2.45) is 0 Å². The number of aromatic nitrogens is 3. The molecule has 0 fully saturated rings. The Balaban J connectivity index is 1.86. The topological polar surface area (TPSA) is 66.0 Å². The largest absolute Gasteiger partial charge is 0.378 e. The van der Waals surface area contributed by atoms with Gasteiger partial charge in [-0.1, -0.05) is 36.4 Å². The molecule has 0 saturated heterocycles. The summed E-state index contributed by atoms with van der Waals surface area (Å²) in [7, 11) is 0. The minimum Gasteiger partial charge on any atom is -0.378 e. The van der Waals surface area contributed by atoms with Gasteiger partial charge in [0.15, 0.2) is 5.65 Å². The van der Waals surface area contributed by atoms with Gasteiger partial charge in [0.2, 0.25) is 0 Å². The van der Waals surface area contributed by atoms with Gasteiger partial charge in [-0.3, -0.25) is 9.38 Å². The van der Waals surface area contributed by atoms with Crippen molar-refractivity contribution in [1.29, 1.82) is 5.26 Å². The standard InChI is InChI=1S/C20H14BrN5/c21-19-13-25-20-17(24-12-14-5-4-8-23-11-14)9-16(18(10-22)26(19)20)15-6-2-1-3-7-15/h1-9,11,13,24H,12H2. The fraction of sp³-hybridized carbons (Fsp3) is 0.0500. The third-order valence-electron chi connectivity index (χ3n) is 4.12. The molecule has 0 aliphatic carbocycles. The number of rotatable bonds is 4. The first kappa shape index (κ1) is 16.3. The summed E-state index contributed by atoms with van der Waals surface area (Å²) in [6, 6.07) is 18.1. The first-order chi connectivity index (χ1) is 12.8. The van der Waals surface area contributed by atoms with E-state index >= 15 is 0 Å². The van der Waals surface area contributed by atoms with Crippen molar-refractivity contribution >= 4 is 27.3 Å². The molecule has 0 unspecified atom stereocenters. The van der Waals surface area contributed by atoms with E-state index in [9.17, 15) is 5.26 Å². The van der Waals surface area contributed by atoms with E-state index in [1.165, 1.54) is 0 Å². The Labute approximate surface area is 159 Å². The Morgan fingerprint density at radius 3 is 2.69 bits per heavy atom. The van der Waals surface area contributed by atoms with Crippen LogP contribution in [0.2, 0.25) is 0 Å². The van der Waals surface area contributed by atoms with Gasteiger partial charge in [-0.05, 0) is 39.2 Å². The lowest BCUT2D eigenvalue weighted by atomic mass is 10.0. The molecule has 6 heteroatoms. The lowest BCUT2D eigenvalue weighted by molar-refractivity contribution is 1.08. The van der Waals surface area contributed by atoms with Crippen LogP contribution in [0.4, 0.5) is 5.69 Å². The predicted octanol–water partition coefficient (Wildman–Crippen LogP) is 4.64. The fourth-order valence-corrected chi connectivity index (χ4v) is 3.36. The first-order valence-corrected chi connectivity index (χ1v) is 8.85. The van der Waals surface area contributed by atoms with Crippen molar-refractivity contribution in [3.05, 3.63) is 83.0 Å². The number of fused-ring (bicyclic) bond motifs is 1. The molecule has 0 aliphatic rings. The molecule has 3 heterocycles. The lowest BCUT2D eigenvalue weighted by Gasteiger charge is -2.13. The van der Waals surface area contributed by atoms with Crippen molar-refractivity contribution in [2.45, 2.75) is 6.54 Å². The Kier molecular flexibility index (Phi) is 4.38. The van der Waals surface area contributed by atoms with E-state index in [4.69, 9.17) is 0 Å². The number of imidazole rings is 1. The van der Waals surface area contributed by atoms with Gasteiger partial charge in [-0.15, -0.1) is 0 Å². The summed E-state index contributed by atoms with van der Waals surface area (Å²) in [5.74, 6) is 0. The van der Waals surface area contributed by atoms with Crippen LogP contribution < -0.4 is 5.32 Å². The normalized spacial score (nSPS) is 10.6. The van der Waals surface area contributed by atoms with Gasteiger partial charge in [0, 0.05) is 24.5 Å². The highest BCUT2D eigenvalue weighted by Crippen LogP contribution is 2.32. The number of hydrogen-bond donors (Lipinski definition) is 1. The summed E-state index contributed by atoms with van der Waals surface area (Å²) in [5.41, 5.74) is 5.02. The zero-order valence-corrected chi connectivity index (χ0v) is 15.3. The maximum atomic E-state index is 9.77. The van der Waals surface area contributed by atoms with Crippen LogP contribution in [0.5, 0.6) is 0 Å². The van der Waals surface area contributed by atoms with Crippen LogP contribution in [0.3, 0.4) is 0 Å². The highest BCUT2D eigenvalue weighted by atomic mass is 79.9. The third-order valence-corrected chi connectivity index (χ3v) is 4.68. The van der Waals surface area contributed by atoms with Gasteiger partial charge in [0.05, 0.1) is 11.9 Å². The molecule has 0 atom stereocenters. The number of hydrogen-bond acceptors (Lipinski definition) is 4. The molecular weight excluding hydrogens is 390 g/mol. The van der Waals surface area contributed by atoms with E-state index in [-0.39, 0.29) is 0 Å². The van der Waals surface area contributed by atoms with Gasteiger partial charge >= 0.3 is 0 Å². The monoisotopic (exact) mass is 403 g/mol. The second kappa shape index (κ2) is 6.98. The van der Waals surface area contributed by atoms with Gasteiger partial charge < -0.3 is 5.32 Å². The van der Waals surface area contributed by atoms with Crippen molar-refractivity contribution in [2.75, 3.05) is 5.32 Å². The van der Waals surface area contributed by atoms with E-state index in [1.807, 2.05) is 59.1 Å². The molecule has 3 aromatic heterocycles. The van der Waals surface area contributed by atoms with Crippen LogP contribution in [0.1, 0.15) is 11.3 Å². The highest BCUT2D eigenvalue weighted by molar-refractivity contribution is 9.10. The van der Waals surface area contributed by atoms with Gasteiger partial charge in [-0.2, -0.15) is 5.26 Å². The van der Waals surface area contributed by atoms with Crippen molar-refractivity contribution in [3.8, 4) is 17.2 Å². The molecule has 4 aromatic rings. The number of halogens is 1. The zero-order chi connectivity index (χ0) is 17.9. The molecule has 26 heavy (non-hydrogen) atoms. The molecule has 0 spiro atoms. The van der Waals surface area contributed by atoms with Crippen molar-refractivity contribution in [1.82, 2.24) is 14.4 Å². The quantitative estimate of drug-likeness (QED) is 0.538. The smallest absolute Gasteiger partial charge is 0.162 e. The minimum absolute atomic E-state index is 0.544. The zero-order valence-electron chi connectivity index (χ0n) is 13.7. The minimum atomic E-state index is 0.544. The summed E-state index contributed by atoms with van der Waals surface area (Å²) in [6.45, 7) is 0.619. The molecule has 5 nitrogen and oxygen atoms in total. The first-order valence-electron chi connectivity index (χ1n) is 8.06. The molecule has 4 rings (SSSR count). The molecule has 0 bridgehead atoms. The molecule has 0 aliphatic heterocycles. The maximum Gasteiger partial charge on any atom is 0.162 e. The second-order valence-electron chi connectivity index (χ2n) is 5.75. The molecule has 126 valence electrons. The van der Waals surface area contributed by atoms with Crippen LogP contribution in [0.15, 0.2) is 71.7 Å². The van der Waals surface area contributed by atoms with E-state index in [0.717, 1.165) is 27.0 Å². The number of pyridine rings is 2. The van der Waals surface area contributed by atoms with Crippen LogP contribution in [0, 0.1) is 11.3 Å². The van der Waals surface area contributed by atoms with E-state index in [0.29, 0.717) is 17.9 Å². The van der Waals surface area contributed by atoms with Gasteiger partial charge in [0.1, 0.15) is 16.4 Å². The van der Waals surface area contributed by atoms with Crippen molar-refractivity contribution < 1.29 is 0 Å². The molecule has 1 aromatic carbocycles. The van der Waals surface area contributed by atoms with Crippen LogP contribution in [-0.2, 0) is 6.54 Å². The average Bonchev–Trinajstić information content (AvgIpc) is 3.09. The Bertz CT molecular complexity index is 1100. The summed E-state index contributed by atoms with van der Waals surface area (Å²) < 4.78 is 2.57. The number of nitriles is 1. The van der Waals surface area contributed by atoms with Crippen LogP contribution in [0.25, 0.3) is 16.8 Å². The summed E-state index contributed by atoms with van der Waals surface area (Å²) in [5, 5.41) is 13.2. The highest BCUT2D eigenvalue weighted by Gasteiger charge is 2.16. The Morgan fingerprint density at radius 1 is 1.12 bits per heavy atom. The molecule has 0 saturated carbocycles. The summed E-state index contributed by atoms with van der Waals surface area (Å²) in [6.07, 6.45) is 5.29. The Hall–Kier alpha value is -3.17. The average molecular weight is 404 g/mol. The van der Waals surface area contributed by atoms with E-state index in [2.05, 4.69) is 37.3 Å². The number of nitrogens with zero attached hydrogens (tertiary/aromatic N) is 4. The van der Waals surface area contributed by atoms with Crippen LogP contribution >= 0.6 is 15.9 Å². The Morgan fingerprint density at radius 2 is 1.96 bits per heavy atom. The second-order valence-corrected chi connectivity index (χ2v) is 6.57. The van der Waals surface area contributed by atoms with Crippen LogP contribution in [-0.4, -0.2) is 14.4 Å². The molecule has 0 radical (unpaired) electrons.